The Labute approximate surface area is 117 Å². The molecule has 0 spiro atoms. The van der Waals surface area contributed by atoms with Crippen molar-refractivity contribution in [3.8, 4) is 0 Å². The van der Waals surface area contributed by atoms with Crippen LogP contribution in [0.3, 0.4) is 0 Å². The van der Waals surface area contributed by atoms with Crippen LogP contribution < -0.4 is 0 Å². The summed E-state index contributed by atoms with van der Waals surface area (Å²) in [6.07, 6.45) is 2.05. The molecule has 0 aliphatic carbocycles. The van der Waals surface area contributed by atoms with Crippen molar-refractivity contribution in [1.82, 2.24) is 0 Å². The lowest BCUT2D eigenvalue weighted by Crippen LogP contribution is -2.21. The van der Waals surface area contributed by atoms with Gasteiger partial charge in [-0.2, -0.15) is 0 Å². The normalized spacial score (nSPS) is 20.8. The maximum atomic E-state index is 12.0. The minimum Gasteiger partial charge on any atom is -0.377 e. The van der Waals surface area contributed by atoms with Crippen molar-refractivity contribution in [3.63, 3.8) is 0 Å². The summed E-state index contributed by atoms with van der Waals surface area (Å²) in [6.45, 7) is 0.750. The van der Waals surface area contributed by atoms with Crippen LogP contribution in [0.5, 0.6) is 0 Å². The van der Waals surface area contributed by atoms with E-state index in [1.54, 1.807) is 12.1 Å². The SMILES string of the molecule is O=C(CS(=O)CC1CCCO1)c1ccccc1Br. The molecule has 0 aromatic heterocycles. The Bertz CT molecular complexity index is 455. The molecular weight excluding hydrogens is 316 g/mol. The molecule has 2 rings (SSSR count). The first kappa shape index (κ1) is 13.9. The largest absolute Gasteiger partial charge is 0.377 e. The highest BCUT2D eigenvalue weighted by Crippen LogP contribution is 2.17. The monoisotopic (exact) mass is 330 g/mol. The molecule has 1 saturated heterocycles. The molecule has 0 radical (unpaired) electrons. The lowest BCUT2D eigenvalue weighted by Gasteiger charge is -2.08. The lowest BCUT2D eigenvalue weighted by molar-refractivity contribution is 0.102. The summed E-state index contributed by atoms with van der Waals surface area (Å²) in [5, 5.41) is 0. The molecule has 2 unspecified atom stereocenters. The minimum atomic E-state index is -1.14. The maximum absolute atomic E-state index is 12.0. The quantitative estimate of drug-likeness (QED) is 0.779. The predicted molar refractivity (Wildman–Crippen MR) is 75.3 cm³/mol. The van der Waals surface area contributed by atoms with E-state index in [-0.39, 0.29) is 17.6 Å². The molecule has 1 aliphatic heterocycles. The van der Waals surface area contributed by atoms with E-state index in [0.29, 0.717) is 11.3 Å². The zero-order chi connectivity index (χ0) is 13.0. The molecule has 1 aliphatic rings. The number of ketones is 1. The number of rotatable bonds is 5. The third-order valence-electron chi connectivity index (χ3n) is 2.86. The summed E-state index contributed by atoms with van der Waals surface area (Å²) in [6, 6.07) is 7.22. The number of benzene rings is 1. The number of ether oxygens (including phenoxy) is 1. The van der Waals surface area contributed by atoms with Gasteiger partial charge in [-0.3, -0.25) is 9.00 Å². The van der Waals surface area contributed by atoms with E-state index in [2.05, 4.69) is 15.9 Å². The van der Waals surface area contributed by atoms with Crippen molar-refractivity contribution in [2.45, 2.75) is 18.9 Å². The summed E-state index contributed by atoms with van der Waals surface area (Å²) in [5.74, 6) is 0.456. The summed E-state index contributed by atoms with van der Waals surface area (Å²) in [5.41, 5.74) is 0.596. The second-order valence-electron chi connectivity index (χ2n) is 4.29. The van der Waals surface area contributed by atoms with Crippen LogP contribution in [-0.2, 0) is 15.5 Å². The molecule has 1 heterocycles. The van der Waals surface area contributed by atoms with E-state index in [4.69, 9.17) is 4.74 Å². The summed E-state index contributed by atoms with van der Waals surface area (Å²) >= 11 is 3.33. The van der Waals surface area contributed by atoms with E-state index >= 15 is 0 Å². The Morgan fingerprint density at radius 1 is 1.44 bits per heavy atom. The fraction of sp³-hybridized carbons (Fsp3) is 0.462. The van der Waals surface area contributed by atoms with E-state index in [1.165, 1.54) is 0 Å². The van der Waals surface area contributed by atoms with Crippen molar-refractivity contribution in [2.24, 2.45) is 0 Å². The summed E-state index contributed by atoms with van der Waals surface area (Å²) in [7, 11) is -1.14. The first-order valence-corrected chi connectivity index (χ1v) is 8.19. The molecule has 0 saturated carbocycles. The number of hydrogen-bond donors (Lipinski definition) is 0. The van der Waals surface area contributed by atoms with Gasteiger partial charge in [-0.25, -0.2) is 0 Å². The molecule has 1 fully saturated rings. The second-order valence-corrected chi connectivity index (χ2v) is 6.64. The second kappa shape index (κ2) is 6.59. The van der Waals surface area contributed by atoms with Gasteiger partial charge in [-0.05, 0) is 18.9 Å². The maximum Gasteiger partial charge on any atom is 0.176 e. The highest BCUT2D eigenvalue weighted by Gasteiger charge is 2.20. The van der Waals surface area contributed by atoms with Crippen molar-refractivity contribution < 1.29 is 13.7 Å². The molecule has 0 N–H and O–H groups in total. The summed E-state index contributed by atoms with van der Waals surface area (Å²) in [4.78, 5) is 12.0. The van der Waals surface area contributed by atoms with Gasteiger partial charge in [0.25, 0.3) is 0 Å². The van der Waals surface area contributed by atoms with E-state index in [0.717, 1.165) is 23.9 Å². The molecule has 98 valence electrons. The van der Waals surface area contributed by atoms with Crippen LogP contribution in [0.15, 0.2) is 28.7 Å². The first-order chi connectivity index (χ1) is 8.66. The number of Topliss-reactive ketones (excluding diaryl/α,β-unsaturated/α-hetero) is 1. The third-order valence-corrected chi connectivity index (χ3v) is 4.88. The standard InChI is InChI=1S/C13H15BrO3S/c14-12-6-2-1-5-11(12)13(15)9-18(16)8-10-4-3-7-17-10/h1-2,5-6,10H,3-4,7-9H2. The van der Waals surface area contributed by atoms with Gasteiger partial charge >= 0.3 is 0 Å². The topological polar surface area (TPSA) is 43.4 Å². The zero-order valence-electron chi connectivity index (χ0n) is 9.93. The van der Waals surface area contributed by atoms with Crippen LogP contribution in [0.4, 0.5) is 0 Å². The molecular formula is C13H15BrO3S. The van der Waals surface area contributed by atoms with Crippen LogP contribution in [0, 0.1) is 0 Å². The van der Waals surface area contributed by atoms with Crippen LogP contribution in [0.1, 0.15) is 23.2 Å². The van der Waals surface area contributed by atoms with Crippen LogP contribution in [-0.4, -0.2) is 34.2 Å². The molecule has 2 atom stereocenters. The number of halogens is 1. The minimum absolute atomic E-state index is 0.0675. The van der Waals surface area contributed by atoms with Gasteiger partial charge in [0.1, 0.15) is 0 Å². The molecule has 0 bridgehead atoms. The summed E-state index contributed by atoms with van der Waals surface area (Å²) < 4.78 is 18.1. The average molecular weight is 331 g/mol. The molecule has 18 heavy (non-hydrogen) atoms. The number of carbonyl (C=O) groups is 1. The Kier molecular flexibility index (Phi) is 5.09. The predicted octanol–water partition coefficient (Wildman–Crippen LogP) is 2.56. The Morgan fingerprint density at radius 3 is 2.89 bits per heavy atom. The van der Waals surface area contributed by atoms with Crippen molar-refractivity contribution in [3.05, 3.63) is 34.3 Å². The fourth-order valence-electron chi connectivity index (χ4n) is 1.95. The molecule has 3 nitrogen and oxygen atoms in total. The molecule has 1 aromatic rings. The van der Waals surface area contributed by atoms with Gasteiger partial charge in [0.05, 0.1) is 17.6 Å². The lowest BCUT2D eigenvalue weighted by atomic mass is 10.1. The number of hydrogen-bond acceptors (Lipinski definition) is 3. The average Bonchev–Trinajstić information content (AvgIpc) is 2.82. The highest BCUT2D eigenvalue weighted by molar-refractivity contribution is 9.10. The van der Waals surface area contributed by atoms with Crippen LogP contribution in [0.25, 0.3) is 0 Å². The zero-order valence-corrected chi connectivity index (χ0v) is 12.3. The van der Waals surface area contributed by atoms with Crippen molar-refractivity contribution in [2.75, 3.05) is 18.1 Å². The molecule has 0 amide bonds. The fourth-order valence-corrected chi connectivity index (χ4v) is 3.70. The van der Waals surface area contributed by atoms with Gasteiger partial charge in [-0.1, -0.05) is 34.1 Å². The number of carbonyl (C=O) groups excluding carboxylic acids is 1. The highest BCUT2D eigenvalue weighted by atomic mass is 79.9. The van der Waals surface area contributed by atoms with Crippen LogP contribution >= 0.6 is 15.9 Å². The van der Waals surface area contributed by atoms with Gasteiger partial charge in [0, 0.05) is 27.4 Å². The Balaban J connectivity index is 1.91. The van der Waals surface area contributed by atoms with Crippen LogP contribution in [0.2, 0.25) is 0 Å². The molecule has 5 heteroatoms. The smallest absolute Gasteiger partial charge is 0.176 e. The van der Waals surface area contributed by atoms with E-state index < -0.39 is 10.8 Å². The van der Waals surface area contributed by atoms with Crippen molar-refractivity contribution >= 4 is 32.5 Å². The molecule has 1 aromatic carbocycles. The van der Waals surface area contributed by atoms with E-state index in [9.17, 15) is 9.00 Å². The first-order valence-electron chi connectivity index (χ1n) is 5.91. The van der Waals surface area contributed by atoms with E-state index in [1.807, 2.05) is 12.1 Å². The van der Waals surface area contributed by atoms with Gasteiger partial charge in [0.15, 0.2) is 5.78 Å². The van der Waals surface area contributed by atoms with Gasteiger partial charge in [0.2, 0.25) is 0 Å². The Morgan fingerprint density at radius 2 is 2.22 bits per heavy atom. The van der Waals surface area contributed by atoms with Crippen molar-refractivity contribution in [1.29, 1.82) is 0 Å². The Hall–Kier alpha value is -0.520. The van der Waals surface area contributed by atoms with Gasteiger partial charge < -0.3 is 4.74 Å². The van der Waals surface area contributed by atoms with Gasteiger partial charge in [-0.15, -0.1) is 0 Å². The third kappa shape index (κ3) is 3.73.